The zero-order valence-corrected chi connectivity index (χ0v) is 11.3. The van der Waals surface area contributed by atoms with Gasteiger partial charge in [-0.25, -0.2) is 4.98 Å². The maximum Gasteiger partial charge on any atom is 0.138 e. The number of aryl methyl sites for hydroxylation is 1. The van der Waals surface area contributed by atoms with E-state index in [1.54, 1.807) is 11.3 Å². The first kappa shape index (κ1) is 11.5. The summed E-state index contributed by atoms with van der Waals surface area (Å²) < 4.78 is 1.20. The Morgan fingerprint density at radius 2 is 1.89 bits per heavy atom. The minimum atomic E-state index is 0.559. The molecule has 90 valence electrons. The maximum absolute atomic E-state index is 6.23. The number of hydrogen-bond acceptors (Lipinski definition) is 3. The molecule has 0 bridgehead atoms. The number of nitrogen functional groups attached to an aromatic ring is 1. The number of benzene rings is 1. The van der Waals surface area contributed by atoms with Crippen LogP contribution in [0, 0.1) is 6.92 Å². The second-order valence-electron chi connectivity index (χ2n) is 4.16. The normalized spacial score (nSPS) is 11.0. The van der Waals surface area contributed by atoms with Crippen LogP contribution in [0.2, 0.25) is 5.15 Å². The van der Waals surface area contributed by atoms with Gasteiger partial charge in [-0.1, -0.05) is 23.7 Å². The molecule has 0 fully saturated rings. The van der Waals surface area contributed by atoms with Gasteiger partial charge >= 0.3 is 0 Å². The van der Waals surface area contributed by atoms with Crippen LogP contribution in [0.1, 0.15) is 5.56 Å². The maximum atomic E-state index is 6.23. The predicted octanol–water partition coefficient (Wildman–Crippen LogP) is 4.51. The molecule has 3 rings (SSSR count). The molecule has 0 spiro atoms. The largest absolute Gasteiger partial charge is 0.399 e. The van der Waals surface area contributed by atoms with Crippen LogP contribution in [0.5, 0.6) is 0 Å². The van der Waals surface area contributed by atoms with Crippen molar-refractivity contribution in [3.63, 3.8) is 0 Å². The summed E-state index contributed by atoms with van der Waals surface area (Å²) >= 11 is 7.92. The van der Waals surface area contributed by atoms with Crippen LogP contribution in [-0.2, 0) is 0 Å². The lowest BCUT2D eigenvalue weighted by Crippen LogP contribution is -1.91. The van der Waals surface area contributed by atoms with Gasteiger partial charge in [-0.15, -0.1) is 11.3 Å². The number of fused-ring (bicyclic) bond motifs is 1. The standard InChI is InChI=1S/C14H11ClN2S/c1-8-12(9-2-4-10(16)5-3-9)17-14(15)11-6-7-18-13(8)11/h2-7H,16H2,1H3. The minimum Gasteiger partial charge on any atom is -0.399 e. The molecule has 18 heavy (non-hydrogen) atoms. The number of aromatic nitrogens is 1. The van der Waals surface area contributed by atoms with Crippen molar-refractivity contribution in [2.75, 3.05) is 5.73 Å². The fourth-order valence-electron chi connectivity index (χ4n) is 2.03. The average molecular weight is 275 g/mol. The molecular formula is C14H11ClN2S. The van der Waals surface area contributed by atoms with E-state index in [1.807, 2.05) is 35.7 Å². The van der Waals surface area contributed by atoms with Crippen LogP contribution in [0.15, 0.2) is 35.7 Å². The Morgan fingerprint density at radius 3 is 2.61 bits per heavy atom. The van der Waals surface area contributed by atoms with E-state index in [9.17, 15) is 0 Å². The van der Waals surface area contributed by atoms with Crippen LogP contribution >= 0.6 is 22.9 Å². The molecule has 2 heterocycles. The minimum absolute atomic E-state index is 0.559. The van der Waals surface area contributed by atoms with Gasteiger partial charge in [0.1, 0.15) is 5.15 Å². The third-order valence-corrected chi connectivity index (χ3v) is 4.30. The zero-order valence-electron chi connectivity index (χ0n) is 9.77. The Balaban J connectivity index is 2.29. The highest BCUT2D eigenvalue weighted by Gasteiger charge is 2.12. The number of anilines is 1. The molecule has 2 aromatic heterocycles. The molecule has 4 heteroatoms. The molecule has 0 unspecified atom stereocenters. The van der Waals surface area contributed by atoms with Crippen molar-refractivity contribution >= 4 is 38.7 Å². The monoisotopic (exact) mass is 274 g/mol. The summed E-state index contributed by atoms with van der Waals surface area (Å²) in [6.45, 7) is 2.08. The molecule has 0 aliphatic heterocycles. The molecule has 0 amide bonds. The summed E-state index contributed by atoms with van der Waals surface area (Å²) in [6.07, 6.45) is 0. The van der Waals surface area contributed by atoms with Gasteiger partial charge in [0.2, 0.25) is 0 Å². The fraction of sp³-hybridized carbons (Fsp3) is 0.0714. The Labute approximate surface area is 114 Å². The lowest BCUT2D eigenvalue weighted by molar-refractivity contribution is 1.31. The quantitative estimate of drug-likeness (QED) is 0.524. The van der Waals surface area contributed by atoms with Crippen molar-refractivity contribution in [3.05, 3.63) is 46.4 Å². The van der Waals surface area contributed by atoms with Crippen molar-refractivity contribution in [2.24, 2.45) is 0 Å². The lowest BCUT2D eigenvalue weighted by Gasteiger charge is -2.08. The molecule has 0 atom stereocenters. The average Bonchev–Trinajstić information content (AvgIpc) is 2.85. The summed E-state index contributed by atoms with van der Waals surface area (Å²) in [7, 11) is 0. The third kappa shape index (κ3) is 1.76. The van der Waals surface area contributed by atoms with E-state index >= 15 is 0 Å². The number of rotatable bonds is 1. The van der Waals surface area contributed by atoms with Crippen molar-refractivity contribution in [3.8, 4) is 11.3 Å². The second kappa shape index (κ2) is 4.26. The van der Waals surface area contributed by atoms with E-state index in [-0.39, 0.29) is 0 Å². The van der Waals surface area contributed by atoms with Gasteiger partial charge in [0, 0.05) is 21.3 Å². The summed E-state index contributed by atoms with van der Waals surface area (Å²) in [5, 5.41) is 3.62. The molecule has 1 aromatic carbocycles. The van der Waals surface area contributed by atoms with Gasteiger partial charge in [-0.2, -0.15) is 0 Å². The predicted molar refractivity (Wildman–Crippen MR) is 79.2 cm³/mol. The molecular weight excluding hydrogens is 264 g/mol. The van der Waals surface area contributed by atoms with Crippen molar-refractivity contribution in [1.82, 2.24) is 4.98 Å². The highest BCUT2D eigenvalue weighted by atomic mass is 35.5. The number of nitrogens with zero attached hydrogens (tertiary/aromatic N) is 1. The molecule has 2 N–H and O–H groups in total. The number of halogens is 1. The summed E-state index contributed by atoms with van der Waals surface area (Å²) in [4.78, 5) is 4.50. The van der Waals surface area contributed by atoms with Gasteiger partial charge in [0.25, 0.3) is 0 Å². The van der Waals surface area contributed by atoms with E-state index in [2.05, 4.69) is 11.9 Å². The van der Waals surface area contributed by atoms with Crippen LogP contribution in [0.4, 0.5) is 5.69 Å². The topological polar surface area (TPSA) is 38.9 Å². The number of pyridine rings is 1. The first-order chi connectivity index (χ1) is 8.66. The van der Waals surface area contributed by atoms with Gasteiger partial charge in [-0.3, -0.25) is 0 Å². The molecule has 3 aromatic rings. The van der Waals surface area contributed by atoms with Crippen LogP contribution in [0.25, 0.3) is 21.3 Å². The van der Waals surface area contributed by atoms with E-state index in [0.29, 0.717) is 5.15 Å². The third-order valence-electron chi connectivity index (χ3n) is 2.98. The van der Waals surface area contributed by atoms with E-state index in [0.717, 1.165) is 27.9 Å². The van der Waals surface area contributed by atoms with E-state index < -0.39 is 0 Å². The Kier molecular flexibility index (Phi) is 2.73. The molecule has 0 saturated carbocycles. The van der Waals surface area contributed by atoms with Crippen LogP contribution < -0.4 is 5.73 Å². The van der Waals surface area contributed by atoms with E-state index in [1.165, 1.54) is 4.70 Å². The highest BCUT2D eigenvalue weighted by Crippen LogP contribution is 2.35. The van der Waals surface area contributed by atoms with E-state index in [4.69, 9.17) is 17.3 Å². The smallest absolute Gasteiger partial charge is 0.138 e. The molecule has 0 aliphatic rings. The summed E-state index contributed by atoms with van der Waals surface area (Å²) in [6, 6.07) is 9.71. The Morgan fingerprint density at radius 1 is 1.17 bits per heavy atom. The van der Waals surface area contributed by atoms with Gasteiger partial charge < -0.3 is 5.73 Å². The molecule has 0 radical (unpaired) electrons. The lowest BCUT2D eigenvalue weighted by atomic mass is 10.1. The molecule has 2 nitrogen and oxygen atoms in total. The first-order valence-corrected chi connectivity index (χ1v) is 6.82. The fourth-order valence-corrected chi connectivity index (χ4v) is 3.24. The van der Waals surface area contributed by atoms with Gasteiger partial charge in [0.05, 0.1) is 5.69 Å². The van der Waals surface area contributed by atoms with Crippen molar-refractivity contribution < 1.29 is 0 Å². The molecule has 0 aliphatic carbocycles. The first-order valence-electron chi connectivity index (χ1n) is 5.56. The zero-order chi connectivity index (χ0) is 12.7. The number of thiophene rings is 1. The Hall–Kier alpha value is -1.58. The van der Waals surface area contributed by atoms with Crippen molar-refractivity contribution in [1.29, 1.82) is 0 Å². The molecule has 0 saturated heterocycles. The number of nitrogens with two attached hydrogens (primary N) is 1. The van der Waals surface area contributed by atoms with Gasteiger partial charge in [-0.05, 0) is 36.1 Å². The SMILES string of the molecule is Cc1c(-c2ccc(N)cc2)nc(Cl)c2ccsc12. The Bertz CT molecular complexity index is 716. The highest BCUT2D eigenvalue weighted by molar-refractivity contribution is 7.17. The van der Waals surface area contributed by atoms with Crippen molar-refractivity contribution in [2.45, 2.75) is 6.92 Å². The number of hydrogen-bond donors (Lipinski definition) is 1. The summed E-state index contributed by atoms with van der Waals surface area (Å²) in [5.74, 6) is 0. The summed E-state index contributed by atoms with van der Waals surface area (Å²) in [5.41, 5.74) is 9.58. The second-order valence-corrected chi connectivity index (χ2v) is 5.44. The van der Waals surface area contributed by atoms with Crippen LogP contribution in [-0.4, -0.2) is 4.98 Å². The van der Waals surface area contributed by atoms with Crippen LogP contribution in [0.3, 0.4) is 0 Å². The van der Waals surface area contributed by atoms with Gasteiger partial charge in [0.15, 0.2) is 0 Å².